The molecular formula is C12H21O6V-3. The van der Waals surface area contributed by atoms with E-state index in [2.05, 4.69) is 14.2 Å². The Morgan fingerprint density at radius 1 is 0.579 bits per heavy atom. The summed E-state index contributed by atoms with van der Waals surface area (Å²) in [5.74, 6) is 0. The molecule has 0 rings (SSSR count). The van der Waals surface area contributed by atoms with Crippen molar-refractivity contribution in [2.24, 2.45) is 0 Å². The van der Waals surface area contributed by atoms with Gasteiger partial charge in [-0.25, -0.2) is 0 Å². The van der Waals surface area contributed by atoms with Gasteiger partial charge in [-0.1, -0.05) is 19.4 Å². The number of hydrogen-bond acceptors (Lipinski definition) is 6. The van der Waals surface area contributed by atoms with Gasteiger partial charge in [0.25, 0.3) is 0 Å². The number of ether oxygens (including phenoxy) is 3. The zero-order chi connectivity index (χ0) is 15.0. The molecule has 0 aromatic carbocycles. The number of carbonyl (C=O) groups excluding carboxylic acids is 3. The van der Waals surface area contributed by atoms with Gasteiger partial charge in [0.15, 0.2) is 0 Å². The summed E-state index contributed by atoms with van der Waals surface area (Å²) in [7, 11) is 0. The number of rotatable bonds is 6. The molecule has 0 aromatic heterocycles. The molecule has 0 bridgehead atoms. The van der Waals surface area contributed by atoms with Gasteiger partial charge in [0, 0.05) is 18.6 Å². The quantitative estimate of drug-likeness (QED) is 0.545. The van der Waals surface area contributed by atoms with Crippen LogP contribution in [0.3, 0.4) is 0 Å². The second kappa shape index (κ2) is 22.2. The Labute approximate surface area is 127 Å². The fourth-order valence-electron chi connectivity index (χ4n) is 0.289. The monoisotopic (exact) mass is 312 g/mol. The van der Waals surface area contributed by atoms with Gasteiger partial charge in [-0.2, -0.15) is 0 Å². The summed E-state index contributed by atoms with van der Waals surface area (Å²) in [6.45, 7) is 14.6. The summed E-state index contributed by atoms with van der Waals surface area (Å²) in [4.78, 5) is 27.8. The Bertz CT molecular complexity index is 161. The average Bonchev–Trinajstić information content (AvgIpc) is 2.18. The molecule has 0 aliphatic rings. The molecule has 113 valence electrons. The molecule has 7 heteroatoms. The predicted octanol–water partition coefficient (Wildman–Crippen LogP) is 1.43. The van der Waals surface area contributed by atoms with Crippen molar-refractivity contribution in [3.05, 3.63) is 0 Å². The topological polar surface area (TPSA) is 78.9 Å². The molecule has 0 amide bonds. The van der Waals surface area contributed by atoms with E-state index in [9.17, 15) is 14.4 Å². The van der Waals surface area contributed by atoms with Crippen LogP contribution in [0.4, 0.5) is 0 Å². The van der Waals surface area contributed by atoms with E-state index < -0.39 is 0 Å². The molecule has 0 N–H and O–H groups in total. The van der Waals surface area contributed by atoms with Crippen LogP contribution in [-0.2, 0) is 47.1 Å². The molecule has 1 radical (unpaired) electrons. The first-order valence-corrected chi connectivity index (χ1v) is 5.40. The molecule has 0 saturated heterocycles. The molecule has 6 nitrogen and oxygen atoms in total. The molecule has 0 fully saturated rings. The maximum absolute atomic E-state index is 9.27. The fourth-order valence-corrected chi connectivity index (χ4v) is 0.289. The van der Waals surface area contributed by atoms with Gasteiger partial charge in [0.1, 0.15) is 0 Å². The Morgan fingerprint density at radius 2 is 0.737 bits per heavy atom. The molecule has 19 heavy (non-hydrogen) atoms. The van der Waals surface area contributed by atoms with Gasteiger partial charge in [-0.05, 0) is 41.5 Å². The van der Waals surface area contributed by atoms with E-state index in [1.54, 1.807) is 41.5 Å². The minimum atomic E-state index is -0.0255. The van der Waals surface area contributed by atoms with Crippen LogP contribution in [0.5, 0.6) is 0 Å². The van der Waals surface area contributed by atoms with Crippen LogP contribution in [0.1, 0.15) is 41.5 Å². The molecule has 0 heterocycles. The van der Waals surface area contributed by atoms with Crippen LogP contribution in [0.15, 0.2) is 0 Å². The van der Waals surface area contributed by atoms with Crippen molar-refractivity contribution < 1.29 is 47.1 Å². The van der Waals surface area contributed by atoms with E-state index in [1.807, 2.05) is 0 Å². The summed E-state index contributed by atoms with van der Waals surface area (Å²) >= 11 is 0. The van der Waals surface area contributed by atoms with Crippen molar-refractivity contribution >= 4 is 19.4 Å². The van der Waals surface area contributed by atoms with Crippen molar-refractivity contribution in [2.75, 3.05) is 0 Å². The maximum Gasteiger partial charge on any atom is 0.0537 e. The third kappa shape index (κ3) is 59.8. The summed E-state index contributed by atoms with van der Waals surface area (Å²) in [5, 5.41) is 0. The molecule has 0 aliphatic heterocycles. The van der Waals surface area contributed by atoms with Gasteiger partial charge in [-0.3, -0.25) is 0 Å². The Balaban J connectivity index is -0.0000000865. The predicted molar refractivity (Wildman–Crippen MR) is 65.7 cm³/mol. The summed E-state index contributed by atoms with van der Waals surface area (Å²) < 4.78 is 12.7. The molecule has 0 spiro atoms. The van der Waals surface area contributed by atoms with Crippen molar-refractivity contribution in [1.29, 1.82) is 0 Å². The van der Waals surface area contributed by atoms with Crippen molar-refractivity contribution in [3.8, 4) is 0 Å². The third-order valence-electron chi connectivity index (χ3n) is 0.851. The smallest absolute Gasteiger partial charge is 0.0537 e. The minimum Gasteiger partial charge on any atom is -0.651 e. The standard InChI is InChI=1S/3C4H7O2.V/c3*1-4(2)6-3-5;/h3*4H,1-2H3;/q3*-1;. The molecule has 0 aromatic rings. The van der Waals surface area contributed by atoms with E-state index in [1.165, 1.54) is 19.4 Å². The van der Waals surface area contributed by atoms with Crippen molar-refractivity contribution in [2.45, 2.75) is 59.9 Å². The van der Waals surface area contributed by atoms with Crippen molar-refractivity contribution in [1.82, 2.24) is 0 Å². The largest absolute Gasteiger partial charge is 0.651 e. The maximum atomic E-state index is 9.27. The second-order valence-electron chi connectivity index (χ2n) is 3.75. The molecule has 0 aliphatic carbocycles. The zero-order valence-electron chi connectivity index (χ0n) is 12.1. The Hall–Kier alpha value is -1.01. The minimum absolute atomic E-state index is 0. The summed E-state index contributed by atoms with van der Waals surface area (Å²) in [5.41, 5.74) is 0. The van der Waals surface area contributed by atoms with E-state index in [0.29, 0.717) is 0 Å². The van der Waals surface area contributed by atoms with E-state index >= 15 is 0 Å². The van der Waals surface area contributed by atoms with E-state index in [4.69, 9.17) is 0 Å². The zero-order valence-corrected chi connectivity index (χ0v) is 13.5. The van der Waals surface area contributed by atoms with E-state index in [0.717, 1.165) is 0 Å². The molecule has 0 unspecified atom stereocenters. The second-order valence-corrected chi connectivity index (χ2v) is 3.75. The number of hydrogen-bond donors (Lipinski definition) is 0. The first-order chi connectivity index (χ1) is 8.31. The van der Waals surface area contributed by atoms with Crippen LogP contribution in [0.2, 0.25) is 0 Å². The van der Waals surface area contributed by atoms with Crippen molar-refractivity contribution in [3.63, 3.8) is 0 Å². The molecular weight excluding hydrogens is 291 g/mol. The SMILES string of the molecule is CC(C)O[C-]=O.CC(C)O[C-]=O.CC(C)O[C-]=O.[V]. The third-order valence-corrected chi connectivity index (χ3v) is 0.851. The van der Waals surface area contributed by atoms with Crippen LogP contribution in [0.25, 0.3) is 0 Å². The van der Waals surface area contributed by atoms with Gasteiger partial charge in [0.2, 0.25) is 0 Å². The van der Waals surface area contributed by atoms with Gasteiger partial charge in [-0.15, -0.1) is 0 Å². The first kappa shape index (κ1) is 26.5. The van der Waals surface area contributed by atoms with E-state index in [-0.39, 0.29) is 36.9 Å². The normalized spacial score (nSPS) is 8.05. The fraction of sp³-hybridized carbons (Fsp3) is 0.750. The Kier molecular flexibility index (Phi) is 31.0. The first-order valence-electron chi connectivity index (χ1n) is 5.40. The Morgan fingerprint density at radius 3 is 0.737 bits per heavy atom. The van der Waals surface area contributed by atoms with Gasteiger partial charge in [0.05, 0.1) is 18.3 Å². The van der Waals surface area contributed by atoms with Crippen LogP contribution >= 0.6 is 0 Å². The summed E-state index contributed by atoms with van der Waals surface area (Å²) in [6.07, 6.45) is -0.0764. The van der Waals surface area contributed by atoms with Crippen LogP contribution in [0, 0.1) is 0 Å². The molecule has 0 atom stereocenters. The van der Waals surface area contributed by atoms with Gasteiger partial charge >= 0.3 is 0 Å². The van der Waals surface area contributed by atoms with Crippen LogP contribution in [-0.4, -0.2) is 37.7 Å². The van der Waals surface area contributed by atoms with Crippen LogP contribution < -0.4 is 0 Å². The molecule has 0 saturated carbocycles. The summed E-state index contributed by atoms with van der Waals surface area (Å²) in [6, 6.07) is 0. The average molecular weight is 312 g/mol. The van der Waals surface area contributed by atoms with Gasteiger partial charge < -0.3 is 28.6 Å².